The molecule has 0 N–H and O–H groups in total. The maximum atomic E-state index is 10.0. The molecule has 0 spiro atoms. The molecule has 56 valence electrons. The highest BCUT2D eigenvalue weighted by molar-refractivity contribution is 5.63. The standard InChI is InChI=1S/C8H3N3O/c1-10-8-3-2-7(11-12)4-6(8)5-9/h2-4H. The Labute approximate surface area is 68.9 Å². The highest BCUT2D eigenvalue weighted by atomic mass is 16.3. The summed E-state index contributed by atoms with van der Waals surface area (Å²) in [5.74, 6) is 0. The molecule has 0 aliphatic carbocycles. The normalized spacial score (nSPS) is 8.17. The molecule has 0 aromatic heterocycles. The van der Waals surface area contributed by atoms with Crippen LogP contribution in [0, 0.1) is 22.8 Å². The molecule has 0 bridgehead atoms. The lowest BCUT2D eigenvalue weighted by Crippen LogP contribution is -1.73. The maximum Gasteiger partial charge on any atom is 0.204 e. The highest BCUT2D eigenvalue weighted by Gasteiger charge is 2.02. The van der Waals surface area contributed by atoms with Gasteiger partial charge in [0.05, 0.1) is 18.2 Å². The molecule has 1 rings (SSSR count). The molecule has 0 radical (unpaired) electrons. The van der Waals surface area contributed by atoms with Gasteiger partial charge in [-0.15, -0.1) is 4.91 Å². The van der Waals surface area contributed by atoms with Crippen molar-refractivity contribution in [3.63, 3.8) is 0 Å². The van der Waals surface area contributed by atoms with Crippen LogP contribution in [0.2, 0.25) is 0 Å². The summed E-state index contributed by atoms with van der Waals surface area (Å²) in [4.78, 5) is 13.1. The summed E-state index contributed by atoms with van der Waals surface area (Å²) in [6.07, 6.45) is 0. The SMILES string of the molecule is [C-]#[N+]c1ccc(N=O)cc1C#N. The lowest BCUT2D eigenvalue weighted by molar-refractivity contribution is 1.45. The molecule has 1 aromatic carbocycles. The topological polar surface area (TPSA) is 57.6 Å². The van der Waals surface area contributed by atoms with Gasteiger partial charge in [-0.1, -0.05) is 6.07 Å². The molecule has 4 heteroatoms. The molecule has 0 atom stereocenters. The zero-order valence-corrected chi connectivity index (χ0v) is 5.98. The van der Waals surface area contributed by atoms with Crippen molar-refractivity contribution < 1.29 is 0 Å². The van der Waals surface area contributed by atoms with Gasteiger partial charge in [0.15, 0.2) is 0 Å². The summed E-state index contributed by atoms with van der Waals surface area (Å²) >= 11 is 0. The van der Waals surface area contributed by atoms with Crippen LogP contribution >= 0.6 is 0 Å². The maximum absolute atomic E-state index is 10.0. The third-order valence-corrected chi connectivity index (χ3v) is 1.33. The zero-order chi connectivity index (χ0) is 8.97. The number of rotatable bonds is 1. The Bertz CT molecular complexity index is 398. The first-order valence-electron chi connectivity index (χ1n) is 3.07. The lowest BCUT2D eigenvalue weighted by atomic mass is 10.2. The molecule has 0 unspecified atom stereocenters. The van der Waals surface area contributed by atoms with Crippen LogP contribution in [0.1, 0.15) is 5.56 Å². The van der Waals surface area contributed by atoms with E-state index in [4.69, 9.17) is 11.8 Å². The van der Waals surface area contributed by atoms with Gasteiger partial charge in [-0.2, -0.15) is 5.26 Å². The fraction of sp³-hybridized carbons (Fsp3) is 0. The van der Waals surface area contributed by atoms with E-state index in [0.29, 0.717) is 0 Å². The van der Waals surface area contributed by atoms with E-state index in [1.54, 1.807) is 0 Å². The number of nitroso groups, excluding NO2 is 1. The predicted molar refractivity (Wildman–Crippen MR) is 42.9 cm³/mol. The van der Waals surface area contributed by atoms with Crippen molar-refractivity contribution in [3.8, 4) is 6.07 Å². The summed E-state index contributed by atoms with van der Waals surface area (Å²) in [6.45, 7) is 6.68. The largest absolute Gasteiger partial charge is 0.237 e. The van der Waals surface area contributed by atoms with Gasteiger partial charge in [-0.25, -0.2) is 4.85 Å². The fourth-order valence-electron chi connectivity index (χ4n) is 0.768. The highest BCUT2D eigenvalue weighted by Crippen LogP contribution is 2.23. The average molecular weight is 157 g/mol. The molecule has 1 aromatic rings. The van der Waals surface area contributed by atoms with Crippen molar-refractivity contribution in [1.29, 1.82) is 5.26 Å². The van der Waals surface area contributed by atoms with E-state index in [9.17, 15) is 4.91 Å². The third-order valence-electron chi connectivity index (χ3n) is 1.33. The summed E-state index contributed by atoms with van der Waals surface area (Å²) in [5.41, 5.74) is 0.589. The van der Waals surface area contributed by atoms with Crippen molar-refractivity contribution in [2.45, 2.75) is 0 Å². The first-order chi connectivity index (χ1) is 5.81. The molecule has 0 fully saturated rings. The van der Waals surface area contributed by atoms with Crippen LogP contribution in [0.5, 0.6) is 0 Å². The van der Waals surface area contributed by atoms with Crippen molar-refractivity contribution in [2.24, 2.45) is 5.18 Å². The average Bonchev–Trinajstić information content (AvgIpc) is 2.16. The van der Waals surface area contributed by atoms with Crippen LogP contribution < -0.4 is 0 Å². The summed E-state index contributed by atoms with van der Waals surface area (Å²) in [7, 11) is 0. The van der Waals surface area contributed by atoms with Gasteiger partial charge in [0.2, 0.25) is 5.69 Å². The predicted octanol–water partition coefficient (Wildman–Crippen LogP) is 2.51. The summed E-state index contributed by atoms with van der Waals surface area (Å²) < 4.78 is 0. The Hall–Kier alpha value is -2.20. The van der Waals surface area contributed by atoms with Crippen LogP contribution in [0.4, 0.5) is 11.4 Å². The zero-order valence-electron chi connectivity index (χ0n) is 5.98. The molecule has 0 saturated carbocycles. The molecule has 12 heavy (non-hydrogen) atoms. The molecular formula is C8H3N3O. The first kappa shape index (κ1) is 7.90. The Balaban J connectivity index is 3.34. The minimum atomic E-state index is 0.166. The van der Waals surface area contributed by atoms with E-state index in [-0.39, 0.29) is 16.9 Å². The Morgan fingerprint density at radius 2 is 2.33 bits per heavy atom. The van der Waals surface area contributed by atoms with Crippen molar-refractivity contribution in [1.82, 2.24) is 0 Å². The van der Waals surface area contributed by atoms with Crippen LogP contribution in [-0.4, -0.2) is 0 Å². The van der Waals surface area contributed by atoms with Crippen molar-refractivity contribution in [2.75, 3.05) is 0 Å². The summed E-state index contributed by atoms with van der Waals surface area (Å²) in [6, 6.07) is 5.91. The van der Waals surface area contributed by atoms with Crippen LogP contribution in [0.3, 0.4) is 0 Å². The first-order valence-corrected chi connectivity index (χ1v) is 3.07. The monoisotopic (exact) mass is 157 g/mol. The second-order valence-electron chi connectivity index (χ2n) is 2.02. The van der Waals surface area contributed by atoms with Crippen molar-refractivity contribution in [3.05, 3.63) is 40.1 Å². The smallest absolute Gasteiger partial charge is 0.204 e. The third kappa shape index (κ3) is 1.28. The van der Waals surface area contributed by atoms with Gasteiger partial charge >= 0.3 is 0 Å². The van der Waals surface area contributed by atoms with Crippen molar-refractivity contribution >= 4 is 11.4 Å². The summed E-state index contributed by atoms with van der Waals surface area (Å²) in [5, 5.41) is 11.2. The van der Waals surface area contributed by atoms with Gasteiger partial charge in [-0.3, -0.25) is 0 Å². The minimum absolute atomic E-state index is 0.166. The van der Waals surface area contributed by atoms with E-state index in [1.807, 2.05) is 6.07 Å². The number of benzene rings is 1. The van der Waals surface area contributed by atoms with E-state index in [0.717, 1.165) is 0 Å². The molecule has 4 nitrogen and oxygen atoms in total. The molecule has 0 heterocycles. The van der Waals surface area contributed by atoms with Crippen LogP contribution in [-0.2, 0) is 0 Å². The molecule has 0 aliphatic rings. The Morgan fingerprint density at radius 3 is 2.83 bits per heavy atom. The molecule has 0 aliphatic heterocycles. The van der Waals surface area contributed by atoms with Gasteiger partial charge in [0.1, 0.15) is 5.69 Å². The van der Waals surface area contributed by atoms with E-state index in [1.165, 1.54) is 18.2 Å². The minimum Gasteiger partial charge on any atom is -0.237 e. The Kier molecular flexibility index (Phi) is 2.15. The van der Waals surface area contributed by atoms with Gasteiger partial charge in [-0.05, 0) is 17.3 Å². The van der Waals surface area contributed by atoms with Crippen LogP contribution in [0.15, 0.2) is 23.4 Å². The van der Waals surface area contributed by atoms with Gasteiger partial charge < -0.3 is 0 Å². The lowest BCUT2D eigenvalue weighted by Gasteiger charge is -1.92. The molecule has 0 saturated heterocycles. The number of nitriles is 1. The number of hydrogen-bond acceptors (Lipinski definition) is 3. The second kappa shape index (κ2) is 3.27. The van der Waals surface area contributed by atoms with E-state index >= 15 is 0 Å². The number of nitrogens with zero attached hydrogens (tertiary/aromatic N) is 3. The molecular weight excluding hydrogens is 154 g/mol. The number of hydrogen-bond donors (Lipinski definition) is 0. The van der Waals surface area contributed by atoms with E-state index in [2.05, 4.69) is 10.0 Å². The van der Waals surface area contributed by atoms with Gasteiger partial charge in [0, 0.05) is 0 Å². The van der Waals surface area contributed by atoms with Gasteiger partial charge in [0.25, 0.3) is 0 Å². The molecule has 0 amide bonds. The van der Waals surface area contributed by atoms with Crippen LogP contribution in [0.25, 0.3) is 4.85 Å². The quantitative estimate of drug-likeness (QED) is 0.464. The van der Waals surface area contributed by atoms with E-state index < -0.39 is 0 Å². The fourth-order valence-corrected chi connectivity index (χ4v) is 0.768. The Morgan fingerprint density at radius 1 is 1.58 bits per heavy atom. The second-order valence-corrected chi connectivity index (χ2v) is 2.02.